The van der Waals surface area contributed by atoms with Gasteiger partial charge in [0.2, 0.25) is 0 Å². The van der Waals surface area contributed by atoms with Crippen molar-refractivity contribution in [2.24, 2.45) is 0 Å². The van der Waals surface area contributed by atoms with Gasteiger partial charge in [0.15, 0.2) is 0 Å². The van der Waals surface area contributed by atoms with Crippen molar-refractivity contribution in [3.05, 3.63) is 57.2 Å². The van der Waals surface area contributed by atoms with Crippen LogP contribution in [0.1, 0.15) is 25.7 Å². The maximum absolute atomic E-state index is 11.5. The molecule has 1 heterocycles. The molecule has 118 valence electrons. The molecule has 0 spiro atoms. The molecule has 0 unspecified atom stereocenters. The van der Waals surface area contributed by atoms with Gasteiger partial charge in [-0.1, -0.05) is 31.0 Å². The van der Waals surface area contributed by atoms with Gasteiger partial charge in [-0.3, -0.25) is 14.8 Å². The Balaban J connectivity index is 2.18. The van der Waals surface area contributed by atoms with Crippen LogP contribution in [0.4, 0.5) is 11.5 Å². The average molecular weight is 303 g/mol. The summed E-state index contributed by atoms with van der Waals surface area (Å²) in [5.41, 5.74) is -0.00502. The molecular formula is C16H21N3O3. The molecule has 0 aliphatic heterocycles. The standard InChI is InChI=1S/C16H21N3O3/c20-11-7-2-1-6-10-19(13-8-4-3-5-9-13)14-12-15(21)18-16(22)17-14/h3-5,8-9,12,20H,1-2,6-7,10-11H2,(H2,17,18,21,22). The molecule has 0 saturated carbocycles. The second-order valence-electron chi connectivity index (χ2n) is 5.10. The lowest BCUT2D eigenvalue weighted by molar-refractivity contribution is 0.282. The zero-order chi connectivity index (χ0) is 15.8. The van der Waals surface area contributed by atoms with Crippen molar-refractivity contribution in [3.8, 4) is 0 Å². The van der Waals surface area contributed by atoms with E-state index in [1.807, 2.05) is 35.2 Å². The second-order valence-corrected chi connectivity index (χ2v) is 5.10. The number of unbranched alkanes of at least 4 members (excludes halogenated alkanes) is 3. The fourth-order valence-electron chi connectivity index (χ4n) is 2.33. The summed E-state index contributed by atoms with van der Waals surface area (Å²) in [7, 11) is 0. The molecular weight excluding hydrogens is 282 g/mol. The van der Waals surface area contributed by atoms with Crippen LogP contribution in [0.5, 0.6) is 0 Å². The first-order valence-corrected chi connectivity index (χ1v) is 7.48. The summed E-state index contributed by atoms with van der Waals surface area (Å²) >= 11 is 0. The Hall–Kier alpha value is -2.34. The molecule has 0 amide bonds. The van der Waals surface area contributed by atoms with Crippen molar-refractivity contribution in [2.75, 3.05) is 18.1 Å². The number of aromatic amines is 2. The number of aromatic nitrogens is 2. The van der Waals surface area contributed by atoms with E-state index in [0.29, 0.717) is 12.4 Å². The van der Waals surface area contributed by atoms with Crippen molar-refractivity contribution >= 4 is 11.5 Å². The number of hydrogen-bond acceptors (Lipinski definition) is 4. The van der Waals surface area contributed by atoms with Gasteiger partial charge in [-0.25, -0.2) is 4.79 Å². The zero-order valence-electron chi connectivity index (χ0n) is 12.4. The quantitative estimate of drug-likeness (QED) is 0.648. The zero-order valence-corrected chi connectivity index (χ0v) is 12.4. The van der Waals surface area contributed by atoms with Crippen LogP contribution in [0.25, 0.3) is 0 Å². The third-order valence-electron chi connectivity index (χ3n) is 3.39. The van der Waals surface area contributed by atoms with Gasteiger partial charge >= 0.3 is 5.69 Å². The molecule has 1 aromatic heterocycles. The number of aliphatic hydroxyl groups excluding tert-OH is 1. The second kappa shape index (κ2) is 8.19. The highest BCUT2D eigenvalue weighted by molar-refractivity contribution is 5.59. The number of para-hydroxylation sites is 1. The maximum atomic E-state index is 11.5. The van der Waals surface area contributed by atoms with E-state index in [1.165, 1.54) is 6.07 Å². The Labute approximate surface area is 128 Å². The highest BCUT2D eigenvalue weighted by Crippen LogP contribution is 2.22. The Kier molecular flexibility index (Phi) is 5.97. The molecule has 1 aromatic carbocycles. The summed E-state index contributed by atoms with van der Waals surface area (Å²) in [6.07, 6.45) is 3.65. The third-order valence-corrected chi connectivity index (χ3v) is 3.39. The normalized spacial score (nSPS) is 10.6. The van der Waals surface area contributed by atoms with E-state index in [1.54, 1.807) is 0 Å². The smallest absolute Gasteiger partial charge is 0.327 e. The topological polar surface area (TPSA) is 89.2 Å². The van der Waals surface area contributed by atoms with E-state index >= 15 is 0 Å². The first-order chi connectivity index (χ1) is 10.7. The SMILES string of the molecule is O=c1cc(N(CCCCCCO)c2ccccc2)[nH]c(=O)[nH]1. The van der Waals surface area contributed by atoms with E-state index in [9.17, 15) is 9.59 Å². The molecule has 0 aliphatic carbocycles. The Morgan fingerprint density at radius 2 is 1.68 bits per heavy atom. The predicted octanol–water partition coefficient (Wildman–Crippen LogP) is 1.75. The molecule has 3 N–H and O–H groups in total. The molecule has 0 saturated heterocycles. The lowest BCUT2D eigenvalue weighted by Gasteiger charge is -2.24. The number of hydrogen-bond donors (Lipinski definition) is 3. The fourth-order valence-corrected chi connectivity index (χ4v) is 2.33. The van der Waals surface area contributed by atoms with E-state index in [2.05, 4.69) is 9.97 Å². The first-order valence-electron chi connectivity index (χ1n) is 7.48. The molecule has 0 atom stereocenters. The molecule has 0 radical (unpaired) electrons. The highest BCUT2D eigenvalue weighted by atomic mass is 16.3. The number of anilines is 2. The lowest BCUT2D eigenvalue weighted by atomic mass is 10.2. The van der Waals surface area contributed by atoms with E-state index in [-0.39, 0.29) is 6.61 Å². The Morgan fingerprint density at radius 1 is 0.955 bits per heavy atom. The van der Waals surface area contributed by atoms with Crippen LogP contribution in [0.15, 0.2) is 46.0 Å². The summed E-state index contributed by atoms with van der Waals surface area (Å²) in [5.74, 6) is 0.488. The molecule has 0 fully saturated rings. The molecule has 6 nitrogen and oxygen atoms in total. The summed E-state index contributed by atoms with van der Waals surface area (Å²) in [6, 6.07) is 11.0. The number of aliphatic hydroxyl groups is 1. The molecule has 6 heteroatoms. The van der Waals surface area contributed by atoms with Crippen molar-refractivity contribution < 1.29 is 5.11 Å². The number of benzene rings is 1. The van der Waals surface area contributed by atoms with Gasteiger partial charge in [0, 0.05) is 24.9 Å². The average Bonchev–Trinajstić information content (AvgIpc) is 2.51. The molecule has 0 bridgehead atoms. The van der Waals surface area contributed by atoms with E-state index in [0.717, 1.165) is 31.4 Å². The van der Waals surface area contributed by atoms with Crippen LogP contribution < -0.4 is 16.1 Å². The van der Waals surface area contributed by atoms with E-state index < -0.39 is 11.2 Å². The summed E-state index contributed by atoms with van der Waals surface area (Å²) < 4.78 is 0. The molecule has 2 rings (SSSR count). The Morgan fingerprint density at radius 3 is 2.36 bits per heavy atom. The number of nitrogens with one attached hydrogen (secondary N) is 2. The fraction of sp³-hybridized carbons (Fsp3) is 0.375. The minimum absolute atomic E-state index is 0.212. The monoisotopic (exact) mass is 303 g/mol. The van der Waals surface area contributed by atoms with Crippen LogP contribution >= 0.6 is 0 Å². The Bertz CT molecular complexity index is 651. The van der Waals surface area contributed by atoms with Gasteiger partial charge in [-0.05, 0) is 25.0 Å². The number of rotatable bonds is 8. The van der Waals surface area contributed by atoms with Crippen molar-refractivity contribution in [1.29, 1.82) is 0 Å². The number of H-pyrrole nitrogens is 2. The van der Waals surface area contributed by atoms with Gasteiger partial charge < -0.3 is 10.0 Å². The van der Waals surface area contributed by atoms with Crippen molar-refractivity contribution in [1.82, 2.24) is 9.97 Å². The maximum Gasteiger partial charge on any atom is 0.327 e. The third kappa shape index (κ3) is 4.60. The van der Waals surface area contributed by atoms with Crippen LogP contribution in [-0.4, -0.2) is 28.2 Å². The summed E-state index contributed by atoms with van der Waals surface area (Å²) in [5, 5.41) is 8.80. The van der Waals surface area contributed by atoms with Gasteiger partial charge in [0.25, 0.3) is 5.56 Å². The van der Waals surface area contributed by atoms with Crippen molar-refractivity contribution in [3.63, 3.8) is 0 Å². The first kappa shape index (κ1) is 16.0. The highest BCUT2D eigenvalue weighted by Gasteiger charge is 2.10. The lowest BCUT2D eigenvalue weighted by Crippen LogP contribution is -2.28. The molecule has 2 aromatic rings. The van der Waals surface area contributed by atoms with E-state index in [4.69, 9.17) is 5.11 Å². The van der Waals surface area contributed by atoms with Gasteiger partial charge in [-0.2, -0.15) is 0 Å². The molecule has 0 aliphatic rings. The van der Waals surface area contributed by atoms with Gasteiger partial charge in [0.05, 0.1) is 0 Å². The van der Waals surface area contributed by atoms with Crippen LogP contribution in [-0.2, 0) is 0 Å². The van der Waals surface area contributed by atoms with Gasteiger partial charge in [-0.15, -0.1) is 0 Å². The largest absolute Gasteiger partial charge is 0.396 e. The van der Waals surface area contributed by atoms with Crippen molar-refractivity contribution in [2.45, 2.75) is 25.7 Å². The van der Waals surface area contributed by atoms with Crippen LogP contribution in [0, 0.1) is 0 Å². The number of nitrogens with zero attached hydrogens (tertiary/aromatic N) is 1. The van der Waals surface area contributed by atoms with Gasteiger partial charge in [0.1, 0.15) is 5.82 Å². The predicted molar refractivity (Wildman–Crippen MR) is 86.7 cm³/mol. The minimum atomic E-state index is -0.510. The summed E-state index contributed by atoms with van der Waals surface area (Å²) in [4.78, 5) is 29.8. The molecule has 22 heavy (non-hydrogen) atoms. The summed E-state index contributed by atoms with van der Waals surface area (Å²) in [6.45, 7) is 0.901. The minimum Gasteiger partial charge on any atom is -0.396 e. The van der Waals surface area contributed by atoms with Crippen LogP contribution in [0.3, 0.4) is 0 Å². The van der Waals surface area contributed by atoms with Crippen LogP contribution in [0.2, 0.25) is 0 Å².